The van der Waals surface area contributed by atoms with Crippen LogP contribution >= 0.6 is 0 Å². The lowest BCUT2D eigenvalue weighted by atomic mass is 10.2. The molecule has 1 amide bonds. The van der Waals surface area contributed by atoms with Crippen molar-refractivity contribution in [2.24, 2.45) is 0 Å². The third-order valence-electron chi connectivity index (χ3n) is 5.75. The first-order chi connectivity index (χ1) is 16.9. The number of carbonyl (C=O) groups is 1. The summed E-state index contributed by atoms with van der Waals surface area (Å²) in [6.45, 7) is 3.47. The highest BCUT2D eigenvalue weighted by Crippen LogP contribution is 2.22. The van der Waals surface area contributed by atoms with Crippen molar-refractivity contribution < 1.29 is 17.9 Å². The van der Waals surface area contributed by atoms with Crippen LogP contribution in [-0.2, 0) is 10.0 Å². The van der Waals surface area contributed by atoms with Gasteiger partial charge in [0, 0.05) is 31.0 Å². The molecule has 1 aliphatic heterocycles. The predicted molar refractivity (Wildman–Crippen MR) is 133 cm³/mol. The zero-order valence-electron chi connectivity index (χ0n) is 19.5. The summed E-state index contributed by atoms with van der Waals surface area (Å²) in [5.74, 6) is 0.0231. The van der Waals surface area contributed by atoms with Crippen molar-refractivity contribution in [3.05, 3.63) is 76.7 Å². The molecule has 0 atom stereocenters. The number of sulfonamides is 1. The number of hydrogen-bond donors (Lipinski definition) is 1. The summed E-state index contributed by atoms with van der Waals surface area (Å²) in [6, 6.07) is 14.3. The lowest BCUT2D eigenvalue weighted by Gasteiger charge is -2.20. The smallest absolute Gasteiger partial charge is 0.280 e. The van der Waals surface area contributed by atoms with Crippen molar-refractivity contribution in [1.29, 1.82) is 0 Å². The molecule has 35 heavy (non-hydrogen) atoms. The summed E-state index contributed by atoms with van der Waals surface area (Å²) >= 11 is 0. The van der Waals surface area contributed by atoms with E-state index in [0.29, 0.717) is 36.8 Å². The standard InChI is InChI=1S/C25H28N4O5S/c1-2-34-21-11-9-20(10-12-21)29-18-15-23(30)24(27-29)25(31)26-19-7-13-22(14-8-19)35(32,33)28-16-5-3-4-6-17-28/h7-15,18H,2-6,16-17H2,1H3,(H,26,31). The third kappa shape index (κ3) is 5.77. The Hall–Kier alpha value is -3.50. The number of benzene rings is 2. The normalized spacial score (nSPS) is 14.8. The maximum atomic E-state index is 12.9. The topological polar surface area (TPSA) is 111 Å². The molecule has 184 valence electrons. The maximum Gasteiger partial charge on any atom is 0.280 e. The third-order valence-corrected chi connectivity index (χ3v) is 7.66. The molecule has 1 fully saturated rings. The molecule has 2 heterocycles. The van der Waals surface area contributed by atoms with E-state index < -0.39 is 21.4 Å². The van der Waals surface area contributed by atoms with Gasteiger partial charge in [0.1, 0.15) is 5.75 Å². The van der Waals surface area contributed by atoms with E-state index in [1.165, 1.54) is 45.5 Å². The van der Waals surface area contributed by atoms with Crippen molar-refractivity contribution in [2.75, 3.05) is 25.0 Å². The van der Waals surface area contributed by atoms with Gasteiger partial charge in [0.15, 0.2) is 5.69 Å². The van der Waals surface area contributed by atoms with Gasteiger partial charge in [0.2, 0.25) is 15.5 Å². The van der Waals surface area contributed by atoms with Crippen LogP contribution in [0, 0.1) is 0 Å². The number of nitrogens with one attached hydrogen (secondary N) is 1. The maximum absolute atomic E-state index is 12.9. The summed E-state index contributed by atoms with van der Waals surface area (Å²) in [4.78, 5) is 25.3. The van der Waals surface area contributed by atoms with Gasteiger partial charge in [0.25, 0.3) is 5.91 Å². The molecule has 9 nitrogen and oxygen atoms in total. The molecule has 0 aliphatic carbocycles. The summed E-state index contributed by atoms with van der Waals surface area (Å²) in [6.07, 6.45) is 5.25. The average Bonchev–Trinajstić information content (AvgIpc) is 3.16. The first-order valence-corrected chi connectivity index (χ1v) is 13.1. The van der Waals surface area contributed by atoms with E-state index in [0.717, 1.165) is 25.7 Å². The molecule has 2 aromatic carbocycles. The van der Waals surface area contributed by atoms with Crippen LogP contribution in [0.2, 0.25) is 0 Å². The van der Waals surface area contributed by atoms with Gasteiger partial charge < -0.3 is 10.1 Å². The van der Waals surface area contributed by atoms with E-state index in [1.807, 2.05) is 6.92 Å². The highest BCUT2D eigenvalue weighted by Gasteiger charge is 2.25. The molecular weight excluding hydrogens is 468 g/mol. The molecule has 1 aromatic heterocycles. The van der Waals surface area contributed by atoms with E-state index in [1.54, 1.807) is 24.3 Å². The molecule has 1 saturated heterocycles. The highest BCUT2D eigenvalue weighted by molar-refractivity contribution is 7.89. The molecule has 3 aromatic rings. The highest BCUT2D eigenvalue weighted by atomic mass is 32.2. The Morgan fingerprint density at radius 1 is 0.971 bits per heavy atom. The second kappa shape index (κ2) is 10.8. The van der Waals surface area contributed by atoms with Crippen LogP contribution in [0.25, 0.3) is 5.69 Å². The number of carbonyl (C=O) groups excluding carboxylic acids is 1. The number of rotatable bonds is 7. The Kier molecular flexibility index (Phi) is 7.62. The fourth-order valence-corrected chi connectivity index (χ4v) is 5.42. The molecule has 0 radical (unpaired) electrons. The summed E-state index contributed by atoms with van der Waals surface area (Å²) in [5, 5.41) is 6.82. The Balaban J connectivity index is 1.49. The summed E-state index contributed by atoms with van der Waals surface area (Å²) in [7, 11) is -3.59. The van der Waals surface area contributed by atoms with Gasteiger partial charge in [-0.3, -0.25) is 9.59 Å². The van der Waals surface area contributed by atoms with Crippen molar-refractivity contribution in [2.45, 2.75) is 37.5 Å². The SMILES string of the molecule is CCOc1ccc(-n2ccc(=O)c(C(=O)Nc3ccc(S(=O)(=O)N4CCCCCC4)cc3)n2)cc1. The van der Waals surface area contributed by atoms with Crippen molar-refractivity contribution in [1.82, 2.24) is 14.1 Å². The molecule has 1 N–H and O–H groups in total. The predicted octanol–water partition coefficient (Wildman–Crippen LogP) is 3.45. The number of anilines is 1. The van der Waals surface area contributed by atoms with Crippen LogP contribution < -0.4 is 15.5 Å². The Labute approximate surface area is 204 Å². The number of amides is 1. The zero-order chi connectivity index (χ0) is 24.8. The van der Waals surface area contributed by atoms with Gasteiger partial charge in [0.05, 0.1) is 17.2 Å². The van der Waals surface area contributed by atoms with Crippen LogP contribution in [0.15, 0.2) is 70.5 Å². The minimum atomic E-state index is -3.59. The lowest BCUT2D eigenvalue weighted by Crippen LogP contribution is -2.31. The van der Waals surface area contributed by atoms with E-state index >= 15 is 0 Å². The molecule has 0 spiro atoms. The van der Waals surface area contributed by atoms with E-state index in [-0.39, 0.29) is 10.6 Å². The van der Waals surface area contributed by atoms with Gasteiger partial charge in [-0.1, -0.05) is 12.8 Å². The molecule has 10 heteroatoms. The summed E-state index contributed by atoms with van der Waals surface area (Å²) < 4.78 is 34.3. The quantitative estimate of drug-likeness (QED) is 0.536. The molecule has 4 rings (SSSR count). The monoisotopic (exact) mass is 496 g/mol. The van der Waals surface area contributed by atoms with Gasteiger partial charge in [-0.2, -0.15) is 9.40 Å². The Morgan fingerprint density at radius 2 is 1.63 bits per heavy atom. The number of ether oxygens (including phenoxy) is 1. The molecule has 0 unspecified atom stereocenters. The van der Waals surface area contributed by atoms with Gasteiger partial charge in [-0.05, 0) is 68.3 Å². The second-order valence-electron chi connectivity index (χ2n) is 8.20. The number of nitrogens with zero attached hydrogens (tertiary/aromatic N) is 3. The van der Waals surface area contributed by atoms with Gasteiger partial charge in [-0.25, -0.2) is 13.1 Å². The van der Waals surface area contributed by atoms with Crippen LogP contribution in [-0.4, -0.2) is 48.1 Å². The van der Waals surface area contributed by atoms with E-state index in [9.17, 15) is 18.0 Å². The first kappa shape index (κ1) is 24.6. The molecular formula is C25H28N4O5S. The van der Waals surface area contributed by atoms with Crippen molar-refractivity contribution in [3.63, 3.8) is 0 Å². The van der Waals surface area contributed by atoms with Crippen LogP contribution in [0.4, 0.5) is 5.69 Å². The molecule has 0 saturated carbocycles. The second-order valence-corrected chi connectivity index (χ2v) is 10.1. The number of aromatic nitrogens is 2. The lowest BCUT2D eigenvalue weighted by molar-refractivity contribution is 0.101. The fraction of sp³-hybridized carbons (Fsp3) is 0.320. The zero-order valence-corrected chi connectivity index (χ0v) is 20.3. The number of hydrogen-bond acceptors (Lipinski definition) is 6. The van der Waals surface area contributed by atoms with Crippen LogP contribution in [0.5, 0.6) is 5.75 Å². The van der Waals surface area contributed by atoms with Gasteiger partial charge >= 0.3 is 0 Å². The first-order valence-electron chi connectivity index (χ1n) is 11.6. The minimum Gasteiger partial charge on any atom is -0.494 e. The van der Waals surface area contributed by atoms with Gasteiger partial charge in [-0.15, -0.1) is 0 Å². The average molecular weight is 497 g/mol. The van der Waals surface area contributed by atoms with Crippen molar-refractivity contribution in [3.8, 4) is 11.4 Å². The Morgan fingerprint density at radius 3 is 2.26 bits per heavy atom. The summed E-state index contributed by atoms with van der Waals surface area (Å²) in [5.41, 5.74) is 0.223. The van der Waals surface area contributed by atoms with Crippen LogP contribution in [0.3, 0.4) is 0 Å². The fourth-order valence-electron chi connectivity index (χ4n) is 3.90. The van der Waals surface area contributed by atoms with E-state index in [4.69, 9.17) is 4.74 Å². The van der Waals surface area contributed by atoms with E-state index in [2.05, 4.69) is 10.4 Å². The minimum absolute atomic E-state index is 0.174. The van der Waals surface area contributed by atoms with Crippen molar-refractivity contribution >= 4 is 21.6 Å². The van der Waals surface area contributed by atoms with Crippen LogP contribution in [0.1, 0.15) is 43.1 Å². The molecule has 0 bridgehead atoms. The Bertz CT molecular complexity index is 1330. The molecule has 1 aliphatic rings. The largest absolute Gasteiger partial charge is 0.494 e.